The Hall–Kier alpha value is -1.98. The molecular weight excluding hydrogens is 244 g/mol. The van der Waals surface area contributed by atoms with Crippen molar-refractivity contribution in [2.24, 2.45) is 0 Å². The van der Waals surface area contributed by atoms with Gasteiger partial charge in [-0.05, 0) is 31.4 Å². The first-order valence-electron chi connectivity index (χ1n) is 6.61. The second-order valence-corrected chi connectivity index (χ2v) is 4.63. The van der Waals surface area contributed by atoms with Gasteiger partial charge in [-0.15, -0.1) is 0 Å². The highest BCUT2D eigenvalue weighted by Gasteiger charge is 2.22. The molecule has 4 N–H and O–H groups in total. The highest BCUT2D eigenvalue weighted by Crippen LogP contribution is 2.21. The zero-order valence-electron chi connectivity index (χ0n) is 11.1. The normalized spacial score (nSPS) is 13.9. The molecular formula is C13H20N4O2. The topological polar surface area (TPSA) is 89.3 Å². The molecule has 1 fully saturated rings. The number of amides is 1. The molecule has 1 aliphatic rings. The predicted octanol–water partition coefficient (Wildman–Crippen LogP) is 1.14. The first-order valence-corrected chi connectivity index (χ1v) is 6.61. The van der Waals surface area contributed by atoms with Gasteiger partial charge in [-0.1, -0.05) is 6.92 Å². The number of anilines is 2. The van der Waals surface area contributed by atoms with E-state index in [4.69, 9.17) is 10.5 Å². The van der Waals surface area contributed by atoms with Crippen molar-refractivity contribution >= 4 is 17.4 Å². The zero-order valence-corrected chi connectivity index (χ0v) is 11.1. The fourth-order valence-electron chi connectivity index (χ4n) is 1.54. The molecule has 0 aliphatic heterocycles. The first-order chi connectivity index (χ1) is 9.19. The second-order valence-electron chi connectivity index (χ2n) is 4.63. The minimum absolute atomic E-state index is 0.0165. The third kappa shape index (κ3) is 4.31. The summed E-state index contributed by atoms with van der Waals surface area (Å²) in [7, 11) is 0. The van der Waals surface area contributed by atoms with Crippen molar-refractivity contribution in [3.63, 3.8) is 0 Å². The highest BCUT2D eigenvalue weighted by molar-refractivity contribution is 5.81. The number of hydrogen-bond donors (Lipinski definition) is 3. The molecule has 1 aromatic heterocycles. The van der Waals surface area contributed by atoms with Gasteiger partial charge in [0.15, 0.2) is 0 Å². The van der Waals surface area contributed by atoms with Gasteiger partial charge in [0.25, 0.3) is 0 Å². The number of nitrogens with one attached hydrogen (secondary N) is 2. The maximum atomic E-state index is 11.5. The number of carbonyl (C=O) groups excluding carboxylic acids is 1. The lowest BCUT2D eigenvalue weighted by Gasteiger charge is -2.10. The predicted molar refractivity (Wildman–Crippen MR) is 74.1 cm³/mol. The molecule has 0 atom stereocenters. The van der Waals surface area contributed by atoms with Crippen molar-refractivity contribution in [2.45, 2.75) is 32.2 Å². The summed E-state index contributed by atoms with van der Waals surface area (Å²) in [6.45, 7) is 2.80. The van der Waals surface area contributed by atoms with Crippen LogP contribution in [0.2, 0.25) is 0 Å². The summed E-state index contributed by atoms with van der Waals surface area (Å²) in [6.07, 6.45) is 3.06. The van der Waals surface area contributed by atoms with E-state index >= 15 is 0 Å². The Labute approximate surface area is 112 Å². The maximum Gasteiger partial charge on any atom is 0.239 e. The minimum Gasteiger partial charge on any atom is -0.476 e. The number of nitrogen functional groups attached to an aromatic ring is 1. The number of nitrogens with zero attached hydrogens (tertiary/aromatic N) is 1. The summed E-state index contributed by atoms with van der Waals surface area (Å²) in [5, 5.41) is 5.86. The number of pyridine rings is 1. The summed E-state index contributed by atoms with van der Waals surface area (Å²) in [4.78, 5) is 15.8. The van der Waals surface area contributed by atoms with Crippen molar-refractivity contribution in [3.05, 3.63) is 12.1 Å². The van der Waals surface area contributed by atoms with E-state index in [0.717, 1.165) is 19.3 Å². The lowest BCUT2D eigenvalue weighted by atomic mass is 10.4. The van der Waals surface area contributed by atoms with Crippen LogP contribution in [0.25, 0.3) is 0 Å². The average Bonchev–Trinajstić information content (AvgIpc) is 3.20. The Bertz CT molecular complexity index is 446. The standard InChI is InChI=1S/C13H20N4O2/c1-2-7-19-13-10(14)5-6-11(17-13)15-8-12(18)16-9-3-4-9/h5-6,9H,2-4,7-8,14H2,1H3,(H,15,17)(H,16,18). The highest BCUT2D eigenvalue weighted by atomic mass is 16.5. The van der Waals surface area contributed by atoms with Gasteiger partial charge in [-0.3, -0.25) is 4.79 Å². The minimum atomic E-state index is -0.0165. The van der Waals surface area contributed by atoms with Crippen molar-refractivity contribution in [3.8, 4) is 5.88 Å². The van der Waals surface area contributed by atoms with E-state index in [2.05, 4.69) is 15.6 Å². The molecule has 0 bridgehead atoms. The van der Waals surface area contributed by atoms with E-state index in [-0.39, 0.29) is 12.5 Å². The molecule has 1 aliphatic carbocycles. The van der Waals surface area contributed by atoms with Crippen LogP contribution in [0.1, 0.15) is 26.2 Å². The zero-order chi connectivity index (χ0) is 13.7. The molecule has 1 amide bonds. The molecule has 0 saturated heterocycles. The van der Waals surface area contributed by atoms with Crippen LogP contribution in [0.4, 0.5) is 11.5 Å². The molecule has 19 heavy (non-hydrogen) atoms. The van der Waals surface area contributed by atoms with E-state index in [1.165, 1.54) is 0 Å². The van der Waals surface area contributed by atoms with E-state index in [9.17, 15) is 4.79 Å². The Morgan fingerprint density at radius 3 is 3.00 bits per heavy atom. The van der Waals surface area contributed by atoms with Gasteiger partial charge < -0.3 is 21.1 Å². The van der Waals surface area contributed by atoms with Gasteiger partial charge in [0.2, 0.25) is 11.8 Å². The number of aromatic nitrogens is 1. The maximum absolute atomic E-state index is 11.5. The summed E-state index contributed by atoms with van der Waals surface area (Å²) in [5.41, 5.74) is 6.27. The molecule has 6 nitrogen and oxygen atoms in total. The van der Waals surface area contributed by atoms with Gasteiger partial charge in [-0.2, -0.15) is 4.98 Å². The van der Waals surface area contributed by atoms with Crippen molar-refractivity contribution in [2.75, 3.05) is 24.2 Å². The van der Waals surface area contributed by atoms with Gasteiger partial charge in [0.1, 0.15) is 5.82 Å². The van der Waals surface area contributed by atoms with Gasteiger partial charge >= 0.3 is 0 Å². The summed E-state index contributed by atoms with van der Waals surface area (Å²) >= 11 is 0. The second kappa shape index (κ2) is 6.26. The lowest BCUT2D eigenvalue weighted by molar-refractivity contribution is -0.119. The number of ether oxygens (including phenoxy) is 1. The largest absolute Gasteiger partial charge is 0.476 e. The van der Waals surface area contributed by atoms with Crippen LogP contribution in [0, 0.1) is 0 Å². The Morgan fingerprint density at radius 2 is 2.32 bits per heavy atom. The summed E-state index contributed by atoms with van der Waals surface area (Å²) < 4.78 is 5.43. The molecule has 0 aromatic carbocycles. The van der Waals surface area contributed by atoms with Gasteiger partial charge in [0, 0.05) is 6.04 Å². The van der Waals surface area contributed by atoms with E-state index in [1.807, 2.05) is 6.92 Å². The summed E-state index contributed by atoms with van der Waals surface area (Å²) in [6, 6.07) is 3.83. The molecule has 2 rings (SSSR count). The fourth-order valence-corrected chi connectivity index (χ4v) is 1.54. The molecule has 104 valence electrons. The smallest absolute Gasteiger partial charge is 0.239 e. The lowest BCUT2D eigenvalue weighted by Crippen LogP contribution is -2.31. The molecule has 0 unspecified atom stereocenters. The summed E-state index contributed by atoms with van der Waals surface area (Å²) in [5.74, 6) is 0.984. The van der Waals surface area contributed by atoms with Gasteiger partial charge in [0.05, 0.1) is 18.8 Å². The van der Waals surface area contributed by atoms with Crippen LogP contribution in [0.3, 0.4) is 0 Å². The first kappa shape index (κ1) is 13.5. The molecule has 0 spiro atoms. The molecule has 0 radical (unpaired) electrons. The van der Waals surface area contributed by atoms with Gasteiger partial charge in [-0.25, -0.2) is 0 Å². The Morgan fingerprint density at radius 1 is 1.53 bits per heavy atom. The fraction of sp³-hybridized carbons (Fsp3) is 0.538. The molecule has 1 aromatic rings. The molecule has 6 heteroatoms. The Kier molecular flexibility index (Phi) is 4.43. The van der Waals surface area contributed by atoms with E-state index in [0.29, 0.717) is 30.0 Å². The van der Waals surface area contributed by atoms with Crippen LogP contribution >= 0.6 is 0 Å². The molecule has 1 saturated carbocycles. The number of rotatable bonds is 7. The monoisotopic (exact) mass is 264 g/mol. The third-order valence-corrected chi connectivity index (χ3v) is 2.71. The quantitative estimate of drug-likeness (QED) is 0.687. The number of carbonyl (C=O) groups is 1. The van der Waals surface area contributed by atoms with Crippen LogP contribution < -0.4 is 21.1 Å². The molecule has 1 heterocycles. The van der Waals surface area contributed by atoms with Crippen molar-refractivity contribution in [1.82, 2.24) is 10.3 Å². The average molecular weight is 264 g/mol. The van der Waals surface area contributed by atoms with Crippen LogP contribution in [0.15, 0.2) is 12.1 Å². The van der Waals surface area contributed by atoms with Crippen molar-refractivity contribution < 1.29 is 9.53 Å². The van der Waals surface area contributed by atoms with E-state index < -0.39 is 0 Å². The van der Waals surface area contributed by atoms with Crippen LogP contribution in [0.5, 0.6) is 5.88 Å². The third-order valence-electron chi connectivity index (χ3n) is 2.71. The van der Waals surface area contributed by atoms with Crippen LogP contribution in [-0.4, -0.2) is 30.1 Å². The Balaban J connectivity index is 1.86. The van der Waals surface area contributed by atoms with Crippen molar-refractivity contribution in [1.29, 1.82) is 0 Å². The van der Waals surface area contributed by atoms with Crippen LogP contribution in [-0.2, 0) is 4.79 Å². The number of nitrogens with two attached hydrogens (primary N) is 1. The number of hydrogen-bond acceptors (Lipinski definition) is 5. The van der Waals surface area contributed by atoms with E-state index in [1.54, 1.807) is 12.1 Å². The SMILES string of the molecule is CCCOc1nc(NCC(=O)NC2CC2)ccc1N.